The van der Waals surface area contributed by atoms with Crippen molar-refractivity contribution in [1.82, 2.24) is 5.32 Å². The van der Waals surface area contributed by atoms with Crippen molar-refractivity contribution in [1.29, 1.82) is 0 Å². The molecule has 1 fully saturated rings. The minimum Gasteiger partial charge on any atom is -0.310 e. The van der Waals surface area contributed by atoms with E-state index in [-0.39, 0.29) is 10.6 Å². The molecule has 104 valence electrons. The summed E-state index contributed by atoms with van der Waals surface area (Å²) >= 11 is 0. The van der Waals surface area contributed by atoms with Crippen LogP contribution in [-0.2, 0) is 6.54 Å². The first-order chi connectivity index (χ1) is 8.87. The van der Waals surface area contributed by atoms with E-state index in [1.807, 2.05) is 6.07 Å². The van der Waals surface area contributed by atoms with Crippen LogP contribution < -0.4 is 5.32 Å². The van der Waals surface area contributed by atoms with Gasteiger partial charge in [0.2, 0.25) is 0 Å². The van der Waals surface area contributed by atoms with Crippen LogP contribution in [0.1, 0.15) is 39.2 Å². The van der Waals surface area contributed by atoms with E-state index in [1.165, 1.54) is 18.9 Å². The number of nitrogens with zero attached hydrogens (tertiary/aromatic N) is 1. The zero-order valence-electron chi connectivity index (χ0n) is 11.8. The fourth-order valence-electron chi connectivity index (χ4n) is 3.20. The fraction of sp³-hybridized carbons (Fsp3) is 0.600. The molecule has 0 heterocycles. The molecule has 1 aliphatic carbocycles. The molecule has 1 aromatic rings. The lowest BCUT2D eigenvalue weighted by Gasteiger charge is -2.18. The first kappa shape index (κ1) is 14.0. The summed E-state index contributed by atoms with van der Waals surface area (Å²) in [5.41, 5.74) is 1.55. The maximum atomic E-state index is 10.7. The topological polar surface area (TPSA) is 55.2 Å². The summed E-state index contributed by atoms with van der Waals surface area (Å²) in [6.07, 6.45) is 2.41. The Bertz CT molecular complexity index is 471. The van der Waals surface area contributed by atoms with Crippen LogP contribution in [0.25, 0.3) is 0 Å². The van der Waals surface area contributed by atoms with Crippen molar-refractivity contribution in [3.05, 3.63) is 39.9 Å². The SMILES string of the molecule is CC1CC(C)(C)CC1NCc1cccc([N+](=O)[O-])c1. The van der Waals surface area contributed by atoms with Crippen molar-refractivity contribution >= 4 is 5.69 Å². The molecule has 0 spiro atoms. The first-order valence-electron chi connectivity index (χ1n) is 6.84. The number of rotatable bonds is 4. The van der Waals surface area contributed by atoms with E-state index in [0.29, 0.717) is 23.9 Å². The zero-order valence-corrected chi connectivity index (χ0v) is 11.8. The van der Waals surface area contributed by atoms with Gasteiger partial charge in [-0.05, 0) is 29.7 Å². The molecule has 0 radical (unpaired) electrons. The van der Waals surface area contributed by atoms with Crippen molar-refractivity contribution in [2.75, 3.05) is 0 Å². The van der Waals surface area contributed by atoms with Crippen LogP contribution in [0.4, 0.5) is 5.69 Å². The van der Waals surface area contributed by atoms with Gasteiger partial charge in [-0.2, -0.15) is 0 Å². The molecule has 2 rings (SSSR count). The molecule has 1 aliphatic rings. The van der Waals surface area contributed by atoms with Gasteiger partial charge in [0, 0.05) is 24.7 Å². The molecule has 4 heteroatoms. The number of nitro benzene ring substituents is 1. The third-order valence-electron chi connectivity index (χ3n) is 4.02. The van der Waals surface area contributed by atoms with Crippen molar-refractivity contribution in [3.8, 4) is 0 Å². The van der Waals surface area contributed by atoms with Gasteiger partial charge in [0.15, 0.2) is 0 Å². The van der Waals surface area contributed by atoms with E-state index in [2.05, 4.69) is 26.1 Å². The van der Waals surface area contributed by atoms with E-state index < -0.39 is 0 Å². The molecular weight excluding hydrogens is 240 g/mol. The summed E-state index contributed by atoms with van der Waals surface area (Å²) in [6.45, 7) is 7.59. The fourth-order valence-corrected chi connectivity index (χ4v) is 3.20. The second-order valence-electron chi connectivity index (χ2n) is 6.46. The minimum absolute atomic E-state index is 0.166. The van der Waals surface area contributed by atoms with Crippen LogP contribution in [-0.4, -0.2) is 11.0 Å². The smallest absolute Gasteiger partial charge is 0.269 e. The Hall–Kier alpha value is -1.42. The normalized spacial score (nSPS) is 25.4. The van der Waals surface area contributed by atoms with Gasteiger partial charge in [-0.15, -0.1) is 0 Å². The maximum absolute atomic E-state index is 10.7. The standard InChI is InChI=1S/C15H22N2O2/c1-11-8-15(2,3)9-14(11)16-10-12-5-4-6-13(7-12)17(18)19/h4-7,11,14,16H,8-10H2,1-3H3. The molecule has 1 aromatic carbocycles. The van der Waals surface area contributed by atoms with E-state index in [0.717, 1.165) is 5.56 Å². The van der Waals surface area contributed by atoms with Crippen LogP contribution in [0.2, 0.25) is 0 Å². The predicted octanol–water partition coefficient (Wildman–Crippen LogP) is 3.51. The summed E-state index contributed by atoms with van der Waals surface area (Å²) in [5.74, 6) is 0.661. The monoisotopic (exact) mass is 262 g/mol. The van der Waals surface area contributed by atoms with Crippen LogP contribution in [0.5, 0.6) is 0 Å². The van der Waals surface area contributed by atoms with Crippen LogP contribution in [0.15, 0.2) is 24.3 Å². The van der Waals surface area contributed by atoms with Crippen molar-refractivity contribution in [2.24, 2.45) is 11.3 Å². The summed E-state index contributed by atoms with van der Waals surface area (Å²) in [7, 11) is 0. The Morgan fingerprint density at radius 1 is 1.42 bits per heavy atom. The minimum atomic E-state index is -0.342. The average Bonchev–Trinajstić information content (AvgIpc) is 2.60. The van der Waals surface area contributed by atoms with Gasteiger partial charge in [-0.3, -0.25) is 10.1 Å². The average molecular weight is 262 g/mol. The van der Waals surface area contributed by atoms with Gasteiger partial charge < -0.3 is 5.32 Å². The molecule has 0 aromatic heterocycles. The van der Waals surface area contributed by atoms with E-state index in [1.54, 1.807) is 12.1 Å². The van der Waals surface area contributed by atoms with Crippen LogP contribution >= 0.6 is 0 Å². The number of non-ortho nitro benzene ring substituents is 1. The van der Waals surface area contributed by atoms with Crippen LogP contribution in [0, 0.1) is 21.4 Å². The Labute approximate surface area is 114 Å². The third-order valence-corrected chi connectivity index (χ3v) is 4.02. The number of hydrogen-bond donors (Lipinski definition) is 1. The highest BCUT2D eigenvalue weighted by Gasteiger charge is 2.36. The second-order valence-corrected chi connectivity index (χ2v) is 6.46. The lowest BCUT2D eigenvalue weighted by molar-refractivity contribution is -0.384. The number of benzene rings is 1. The van der Waals surface area contributed by atoms with Gasteiger partial charge >= 0.3 is 0 Å². The Morgan fingerprint density at radius 2 is 2.16 bits per heavy atom. The van der Waals surface area contributed by atoms with E-state index in [4.69, 9.17) is 0 Å². The largest absolute Gasteiger partial charge is 0.310 e. The number of nitro groups is 1. The van der Waals surface area contributed by atoms with Crippen LogP contribution in [0.3, 0.4) is 0 Å². The Kier molecular flexibility index (Phi) is 3.90. The molecule has 0 saturated heterocycles. The van der Waals surface area contributed by atoms with Gasteiger partial charge in [0.05, 0.1) is 4.92 Å². The lowest BCUT2D eigenvalue weighted by atomic mass is 9.91. The third kappa shape index (κ3) is 3.53. The van der Waals surface area contributed by atoms with E-state index >= 15 is 0 Å². The van der Waals surface area contributed by atoms with Gasteiger partial charge in [-0.1, -0.05) is 32.9 Å². The summed E-state index contributed by atoms with van der Waals surface area (Å²) < 4.78 is 0. The first-order valence-corrected chi connectivity index (χ1v) is 6.84. The Balaban J connectivity index is 1.96. The van der Waals surface area contributed by atoms with Gasteiger partial charge in [-0.25, -0.2) is 0 Å². The highest BCUT2D eigenvalue weighted by Crippen LogP contribution is 2.40. The highest BCUT2D eigenvalue weighted by atomic mass is 16.6. The molecule has 2 atom stereocenters. The molecule has 1 saturated carbocycles. The summed E-state index contributed by atoms with van der Waals surface area (Å²) in [6, 6.07) is 7.37. The molecule has 0 amide bonds. The van der Waals surface area contributed by atoms with E-state index in [9.17, 15) is 10.1 Å². The molecule has 1 N–H and O–H groups in total. The van der Waals surface area contributed by atoms with Gasteiger partial charge in [0.1, 0.15) is 0 Å². The predicted molar refractivity (Wildman–Crippen MR) is 75.9 cm³/mol. The number of hydrogen-bond acceptors (Lipinski definition) is 3. The number of nitrogens with one attached hydrogen (secondary N) is 1. The summed E-state index contributed by atoms with van der Waals surface area (Å²) in [5, 5.41) is 14.3. The highest BCUT2D eigenvalue weighted by molar-refractivity contribution is 5.34. The maximum Gasteiger partial charge on any atom is 0.269 e. The molecular formula is C15H22N2O2. The molecule has 4 nitrogen and oxygen atoms in total. The van der Waals surface area contributed by atoms with Crippen molar-refractivity contribution < 1.29 is 4.92 Å². The molecule has 19 heavy (non-hydrogen) atoms. The summed E-state index contributed by atoms with van der Waals surface area (Å²) in [4.78, 5) is 10.4. The Morgan fingerprint density at radius 3 is 2.74 bits per heavy atom. The molecule has 0 bridgehead atoms. The molecule has 0 aliphatic heterocycles. The van der Waals surface area contributed by atoms with Crippen molar-refractivity contribution in [2.45, 2.75) is 46.2 Å². The van der Waals surface area contributed by atoms with Gasteiger partial charge in [0.25, 0.3) is 5.69 Å². The second kappa shape index (κ2) is 5.29. The molecule has 2 unspecified atom stereocenters. The lowest BCUT2D eigenvalue weighted by Crippen LogP contribution is -2.31. The zero-order chi connectivity index (χ0) is 14.0. The van der Waals surface area contributed by atoms with Crippen molar-refractivity contribution in [3.63, 3.8) is 0 Å². The quantitative estimate of drug-likeness (QED) is 0.667.